The van der Waals surface area contributed by atoms with Crippen LogP contribution in [0.25, 0.3) is 22.8 Å². The van der Waals surface area contributed by atoms with Crippen molar-refractivity contribution in [3.8, 4) is 28.9 Å². The zero-order chi connectivity index (χ0) is 20.3. The molecule has 0 bridgehead atoms. The molecule has 5 rings (SSSR count). The fraction of sp³-hybridized carbons (Fsp3) is 0.167. The fourth-order valence-corrected chi connectivity index (χ4v) is 3.73. The first-order valence-corrected chi connectivity index (χ1v) is 9.85. The van der Waals surface area contributed by atoms with Crippen LogP contribution in [0.4, 0.5) is 0 Å². The second-order valence-corrected chi connectivity index (χ2v) is 7.35. The number of benzene rings is 1. The maximum absolute atomic E-state index is 9.08. The van der Waals surface area contributed by atoms with E-state index in [1.165, 1.54) is 0 Å². The van der Waals surface area contributed by atoms with Crippen molar-refractivity contribution in [2.45, 2.75) is 19.5 Å². The molecule has 0 saturated heterocycles. The van der Waals surface area contributed by atoms with Crippen LogP contribution >= 0.6 is 0 Å². The summed E-state index contributed by atoms with van der Waals surface area (Å²) in [5.74, 6) is 1.35. The quantitative estimate of drug-likeness (QED) is 0.516. The molecule has 0 N–H and O–H groups in total. The number of fused-ring (bicyclic) bond motifs is 1. The molecule has 0 spiro atoms. The van der Waals surface area contributed by atoms with Crippen LogP contribution in [0, 0.1) is 11.3 Å². The van der Waals surface area contributed by atoms with Crippen molar-refractivity contribution in [1.29, 1.82) is 5.26 Å². The number of aromatic nitrogens is 3. The van der Waals surface area contributed by atoms with Crippen LogP contribution in [-0.2, 0) is 19.5 Å². The molecule has 6 nitrogen and oxygen atoms in total. The van der Waals surface area contributed by atoms with Gasteiger partial charge in [-0.2, -0.15) is 5.26 Å². The lowest BCUT2D eigenvalue weighted by molar-refractivity contribution is 0.242. The molecule has 146 valence electrons. The predicted molar refractivity (Wildman–Crippen MR) is 112 cm³/mol. The average molecular weight is 393 g/mol. The predicted octanol–water partition coefficient (Wildman–Crippen LogP) is 4.23. The molecule has 1 aromatic carbocycles. The molecule has 1 aliphatic rings. The third-order valence-corrected chi connectivity index (χ3v) is 5.27. The highest BCUT2D eigenvalue weighted by Crippen LogP contribution is 2.23. The van der Waals surface area contributed by atoms with E-state index in [9.17, 15) is 0 Å². The Balaban J connectivity index is 1.27. The Morgan fingerprint density at radius 1 is 1.07 bits per heavy atom. The third kappa shape index (κ3) is 3.71. The van der Waals surface area contributed by atoms with Gasteiger partial charge in [-0.05, 0) is 35.9 Å². The van der Waals surface area contributed by atoms with E-state index in [0.717, 1.165) is 54.1 Å². The largest absolute Gasteiger partial charge is 0.461 e. The Hall–Kier alpha value is -3.82. The summed E-state index contributed by atoms with van der Waals surface area (Å²) in [6.07, 6.45) is 6.35. The standard InChI is InChI=1S/C24H19N5O/c25-12-17-3-1-4-19(11-17)21-7-6-18(13-26-21)15-29-9-8-22-20(16-29)14-27-24(28-22)23-5-2-10-30-23/h1-7,10-11,13-14H,8-9,15-16H2. The molecule has 0 fully saturated rings. The highest BCUT2D eigenvalue weighted by atomic mass is 16.3. The van der Waals surface area contributed by atoms with Gasteiger partial charge in [-0.3, -0.25) is 9.88 Å². The van der Waals surface area contributed by atoms with Crippen molar-refractivity contribution < 1.29 is 4.42 Å². The summed E-state index contributed by atoms with van der Waals surface area (Å²) in [5, 5.41) is 9.08. The van der Waals surface area contributed by atoms with Gasteiger partial charge in [0.05, 0.1) is 29.3 Å². The summed E-state index contributed by atoms with van der Waals surface area (Å²) in [6, 6.07) is 17.5. The molecule has 4 aromatic rings. The lowest BCUT2D eigenvalue weighted by Gasteiger charge is -2.27. The van der Waals surface area contributed by atoms with E-state index in [-0.39, 0.29) is 0 Å². The van der Waals surface area contributed by atoms with E-state index in [0.29, 0.717) is 17.1 Å². The number of hydrogen-bond donors (Lipinski definition) is 0. The van der Waals surface area contributed by atoms with Crippen molar-refractivity contribution in [1.82, 2.24) is 19.9 Å². The number of hydrogen-bond acceptors (Lipinski definition) is 6. The molecular formula is C24H19N5O. The minimum Gasteiger partial charge on any atom is -0.461 e. The lowest BCUT2D eigenvalue weighted by Crippen LogP contribution is -2.31. The summed E-state index contributed by atoms with van der Waals surface area (Å²) in [6.45, 7) is 2.58. The van der Waals surface area contributed by atoms with Crippen LogP contribution in [0.15, 0.2) is 71.6 Å². The monoisotopic (exact) mass is 393 g/mol. The topological polar surface area (TPSA) is 78.8 Å². The second kappa shape index (κ2) is 7.90. The summed E-state index contributed by atoms with van der Waals surface area (Å²) < 4.78 is 5.41. The van der Waals surface area contributed by atoms with Gasteiger partial charge in [0.2, 0.25) is 0 Å². The Bertz CT molecular complexity index is 1210. The van der Waals surface area contributed by atoms with Crippen LogP contribution in [-0.4, -0.2) is 26.4 Å². The maximum atomic E-state index is 9.08. The molecule has 0 unspecified atom stereocenters. The molecule has 0 saturated carbocycles. The molecule has 3 aromatic heterocycles. The van der Waals surface area contributed by atoms with Gasteiger partial charge >= 0.3 is 0 Å². The van der Waals surface area contributed by atoms with Gasteiger partial charge in [-0.1, -0.05) is 18.2 Å². The fourth-order valence-electron chi connectivity index (χ4n) is 3.73. The zero-order valence-electron chi connectivity index (χ0n) is 16.3. The Morgan fingerprint density at radius 2 is 2.03 bits per heavy atom. The molecule has 0 atom stereocenters. The molecule has 0 radical (unpaired) electrons. The first kappa shape index (κ1) is 18.2. The minimum atomic E-state index is 0.641. The van der Waals surface area contributed by atoms with Crippen molar-refractivity contribution in [2.24, 2.45) is 0 Å². The average Bonchev–Trinajstić information content (AvgIpc) is 3.34. The molecule has 4 heterocycles. The Kier molecular flexibility index (Phi) is 4.80. The first-order chi connectivity index (χ1) is 14.8. The van der Waals surface area contributed by atoms with E-state index in [4.69, 9.17) is 9.68 Å². The normalized spacial score (nSPS) is 13.6. The van der Waals surface area contributed by atoms with Gasteiger partial charge in [0.1, 0.15) is 0 Å². The number of rotatable bonds is 4. The van der Waals surface area contributed by atoms with Gasteiger partial charge in [0, 0.05) is 49.6 Å². The molecule has 6 heteroatoms. The van der Waals surface area contributed by atoms with Crippen LogP contribution in [0.2, 0.25) is 0 Å². The van der Waals surface area contributed by atoms with Crippen molar-refractivity contribution in [2.75, 3.05) is 6.54 Å². The second-order valence-electron chi connectivity index (χ2n) is 7.35. The number of nitrogens with zero attached hydrogens (tertiary/aromatic N) is 5. The third-order valence-electron chi connectivity index (χ3n) is 5.27. The first-order valence-electron chi connectivity index (χ1n) is 9.85. The summed E-state index contributed by atoms with van der Waals surface area (Å²) >= 11 is 0. The Morgan fingerprint density at radius 3 is 2.83 bits per heavy atom. The van der Waals surface area contributed by atoms with Gasteiger partial charge in [0.15, 0.2) is 11.6 Å². The molecular weight excluding hydrogens is 374 g/mol. The van der Waals surface area contributed by atoms with Gasteiger partial charge in [-0.15, -0.1) is 0 Å². The zero-order valence-corrected chi connectivity index (χ0v) is 16.3. The SMILES string of the molecule is N#Cc1cccc(-c2ccc(CN3CCc4nc(-c5ccco5)ncc4C3)cn2)c1. The molecule has 30 heavy (non-hydrogen) atoms. The van der Waals surface area contributed by atoms with Crippen LogP contribution in [0.3, 0.4) is 0 Å². The van der Waals surface area contributed by atoms with Crippen molar-refractivity contribution in [3.63, 3.8) is 0 Å². The minimum absolute atomic E-state index is 0.641. The number of furan rings is 1. The molecule has 0 amide bonds. The van der Waals surface area contributed by atoms with Crippen LogP contribution in [0.5, 0.6) is 0 Å². The summed E-state index contributed by atoms with van der Waals surface area (Å²) in [7, 11) is 0. The highest BCUT2D eigenvalue weighted by Gasteiger charge is 2.19. The van der Waals surface area contributed by atoms with Gasteiger partial charge < -0.3 is 4.42 Å². The number of pyridine rings is 1. The van der Waals surface area contributed by atoms with Gasteiger partial charge in [-0.25, -0.2) is 9.97 Å². The summed E-state index contributed by atoms with van der Waals surface area (Å²) in [5.41, 5.74) is 5.89. The number of nitriles is 1. The van der Waals surface area contributed by atoms with Gasteiger partial charge in [0.25, 0.3) is 0 Å². The van der Waals surface area contributed by atoms with Crippen molar-refractivity contribution in [3.05, 3.63) is 89.6 Å². The molecule has 0 aliphatic carbocycles. The van der Waals surface area contributed by atoms with Crippen molar-refractivity contribution >= 4 is 0 Å². The lowest BCUT2D eigenvalue weighted by atomic mass is 10.1. The van der Waals surface area contributed by atoms with E-state index < -0.39 is 0 Å². The van der Waals surface area contributed by atoms with Crippen LogP contribution < -0.4 is 0 Å². The Labute approximate surface area is 174 Å². The maximum Gasteiger partial charge on any atom is 0.195 e. The van der Waals surface area contributed by atoms with E-state index in [1.807, 2.05) is 48.8 Å². The smallest absolute Gasteiger partial charge is 0.195 e. The summed E-state index contributed by atoms with van der Waals surface area (Å²) in [4.78, 5) is 16.1. The van der Waals surface area contributed by atoms with E-state index in [1.54, 1.807) is 12.3 Å². The van der Waals surface area contributed by atoms with Crippen LogP contribution in [0.1, 0.15) is 22.4 Å². The van der Waals surface area contributed by atoms with E-state index in [2.05, 4.69) is 32.0 Å². The van der Waals surface area contributed by atoms with E-state index >= 15 is 0 Å². The molecule has 1 aliphatic heterocycles. The highest BCUT2D eigenvalue weighted by molar-refractivity contribution is 5.61.